The first kappa shape index (κ1) is 14.3. The van der Waals surface area contributed by atoms with Gasteiger partial charge >= 0.3 is 0 Å². The van der Waals surface area contributed by atoms with Crippen molar-refractivity contribution in [3.8, 4) is 0 Å². The maximum atomic E-state index is 12.7. The van der Waals surface area contributed by atoms with Crippen LogP contribution < -0.4 is 5.32 Å². The number of piperidine rings is 1. The Kier molecular flexibility index (Phi) is 4.10. The number of aromatic nitrogens is 1. The maximum Gasteiger partial charge on any atom is 0.243 e. The van der Waals surface area contributed by atoms with E-state index in [1.807, 2.05) is 13.8 Å². The largest absolute Gasteiger partial charge is 0.373 e. The van der Waals surface area contributed by atoms with Crippen molar-refractivity contribution in [2.45, 2.75) is 50.1 Å². The van der Waals surface area contributed by atoms with E-state index in [9.17, 15) is 8.42 Å². The number of nitrogens with one attached hydrogen (secondary N) is 1. The van der Waals surface area contributed by atoms with E-state index in [0.717, 1.165) is 19.3 Å². The molecule has 0 saturated carbocycles. The number of nitrogens with zero attached hydrogens (tertiary/aromatic N) is 2. The lowest BCUT2D eigenvalue weighted by Crippen LogP contribution is -2.47. The summed E-state index contributed by atoms with van der Waals surface area (Å²) in [5.41, 5.74) is 0. The Morgan fingerprint density at radius 3 is 2.53 bits per heavy atom. The molecule has 0 spiro atoms. The average Bonchev–Trinajstić information content (AvgIpc) is 2.38. The molecule has 0 radical (unpaired) electrons. The van der Waals surface area contributed by atoms with E-state index in [4.69, 9.17) is 0 Å². The summed E-state index contributed by atoms with van der Waals surface area (Å²) in [4.78, 5) is 4.37. The summed E-state index contributed by atoms with van der Waals surface area (Å²) in [7, 11) is -1.71. The van der Waals surface area contributed by atoms with Crippen molar-refractivity contribution in [3.63, 3.8) is 0 Å². The molecule has 1 saturated heterocycles. The summed E-state index contributed by atoms with van der Waals surface area (Å²) in [6, 6.07) is 3.26. The molecule has 1 aromatic heterocycles. The lowest BCUT2D eigenvalue weighted by Gasteiger charge is -2.37. The molecule has 0 aromatic carbocycles. The summed E-state index contributed by atoms with van der Waals surface area (Å²) in [5, 5.41) is 2.87. The molecule has 2 atom stereocenters. The van der Waals surface area contributed by atoms with E-state index in [2.05, 4.69) is 10.3 Å². The van der Waals surface area contributed by atoms with Crippen molar-refractivity contribution in [2.75, 3.05) is 12.4 Å². The zero-order chi connectivity index (χ0) is 14.0. The fourth-order valence-electron chi connectivity index (χ4n) is 2.70. The molecule has 6 heteroatoms. The van der Waals surface area contributed by atoms with Crippen LogP contribution in [0.2, 0.25) is 0 Å². The maximum absolute atomic E-state index is 12.7. The summed E-state index contributed by atoms with van der Waals surface area (Å²) < 4.78 is 27.1. The van der Waals surface area contributed by atoms with Crippen molar-refractivity contribution >= 4 is 15.8 Å². The van der Waals surface area contributed by atoms with Gasteiger partial charge in [0.15, 0.2) is 0 Å². The molecule has 0 amide bonds. The monoisotopic (exact) mass is 283 g/mol. The van der Waals surface area contributed by atoms with E-state index >= 15 is 0 Å². The van der Waals surface area contributed by atoms with Crippen molar-refractivity contribution in [1.82, 2.24) is 9.29 Å². The van der Waals surface area contributed by atoms with Gasteiger partial charge in [-0.3, -0.25) is 0 Å². The molecule has 2 rings (SSSR count). The molecule has 19 heavy (non-hydrogen) atoms. The molecule has 5 nitrogen and oxygen atoms in total. The molecule has 0 bridgehead atoms. The predicted octanol–water partition coefficient (Wildman–Crippen LogP) is 2.07. The number of hydrogen-bond donors (Lipinski definition) is 1. The van der Waals surface area contributed by atoms with Crippen molar-refractivity contribution in [2.24, 2.45) is 0 Å². The normalized spacial score (nSPS) is 25.2. The van der Waals surface area contributed by atoms with Gasteiger partial charge in [-0.15, -0.1) is 0 Å². The quantitative estimate of drug-likeness (QED) is 0.922. The summed E-state index contributed by atoms with van der Waals surface area (Å²) in [6.45, 7) is 3.96. The summed E-state index contributed by atoms with van der Waals surface area (Å²) in [6.07, 6.45) is 4.46. The Hall–Kier alpha value is -1.14. The topological polar surface area (TPSA) is 62.3 Å². The zero-order valence-corrected chi connectivity index (χ0v) is 12.4. The number of hydrogen-bond acceptors (Lipinski definition) is 4. The first-order valence-electron chi connectivity index (χ1n) is 6.64. The van der Waals surface area contributed by atoms with Crippen LogP contribution in [0.1, 0.15) is 33.1 Å². The van der Waals surface area contributed by atoms with Gasteiger partial charge in [-0.05, 0) is 32.8 Å². The van der Waals surface area contributed by atoms with Crippen LogP contribution in [0.5, 0.6) is 0 Å². The first-order chi connectivity index (χ1) is 8.96. The SMILES string of the molecule is CNc1cc(S(=O)(=O)N2C(C)CCCC2C)ccn1. The van der Waals surface area contributed by atoms with Crippen molar-refractivity contribution in [1.29, 1.82) is 0 Å². The van der Waals surface area contributed by atoms with E-state index in [1.165, 1.54) is 6.20 Å². The van der Waals surface area contributed by atoms with Crippen LogP contribution in [-0.4, -0.2) is 36.8 Å². The highest BCUT2D eigenvalue weighted by molar-refractivity contribution is 7.89. The van der Waals surface area contributed by atoms with E-state index in [1.54, 1.807) is 23.5 Å². The van der Waals surface area contributed by atoms with Gasteiger partial charge in [0.2, 0.25) is 10.0 Å². The number of anilines is 1. The van der Waals surface area contributed by atoms with Crippen LogP contribution in [0, 0.1) is 0 Å². The highest BCUT2D eigenvalue weighted by atomic mass is 32.2. The van der Waals surface area contributed by atoms with Gasteiger partial charge in [-0.25, -0.2) is 13.4 Å². The van der Waals surface area contributed by atoms with Gasteiger partial charge < -0.3 is 5.32 Å². The first-order valence-corrected chi connectivity index (χ1v) is 8.08. The minimum absolute atomic E-state index is 0.0555. The van der Waals surface area contributed by atoms with Crippen LogP contribution in [0.4, 0.5) is 5.82 Å². The van der Waals surface area contributed by atoms with Crippen LogP contribution in [0.3, 0.4) is 0 Å². The zero-order valence-electron chi connectivity index (χ0n) is 11.6. The Bertz CT molecular complexity index is 535. The lowest BCUT2D eigenvalue weighted by molar-refractivity contribution is 0.204. The third kappa shape index (κ3) is 2.74. The van der Waals surface area contributed by atoms with Gasteiger partial charge in [-0.1, -0.05) is 6.42 Å². The second kappa shape index (κ2) is 5.46. The highest BCUT2D eigenvalue weighted by Crippen LogP contribution is 2.29. The second-order valence-electron chi connectivity index (χ2n) is 5.09. The van der Waals surface area contributed by atoms with Crippen LogP contribution in [0.25, 0.3) is 0 Å². The average molecular weight is 283 g/mol. The van der Waals surface area contributed by atoms with Gasteiger partial charge in [0, 0.05) is 31.4 Å². The summed E-state index contributed by atoms with van der Waals surface area (Å²) >= 11 is 0. The Morgan fingerprint density at radius 2 is 1.95 bits per heavy atom. The van der Waals surface area contributed by atoms with Crippen LogP contribution in [0.15, 0.2) is 23.2 Å². The second-order valence-corrected chi connectivity index (χ2v) is 6.93. The molecule has 1 N–H and O–H groups in total. The minimum atomic E-state index is -3.44. The van der Waals surface area contributed by atoms with Crippen molar-refractivity contribution in [3.05, 3.63) is 18.3 Å². The van der Waals surface area contributed by atoms with Crippen LogP contribution >= 0.6 is 0 Å². The fourth-order valence-corrected chi connectivity index (χ4v) is 4.60. The van der Waals surface area contributed by atoms with E-state index in [-0.39, 0.29) is 12.1 Å². The summed E-state index contributed by atoms with van der Waals surface area (Å²) in [5.74, 6) is 0.568. The predicted molar refractivity (Wildman–Crippen MR) is 75.6 cm³/mol. The van der Waals surface area contributed by atoms with E-state index < -0.39 is 10.0 Å². The molecule has 106 valence electrons. The smallest absolute Gasteiger partial charge is 0.243 e. The molecule has 1 fully saturated rings. The Labute approximate surface area is 115 Å². The Balaban J connectivity index is 2.40. The van der Waals surface area contributed by atoms with Gasteiger partial charge in [0.05, 0.1) is 4.90 Å². The minimum Gasteiger partial charge on any atom is -0.373 e. The standard InChI is InChI=1S/C13H21N3O2S/c1-10-5-4-6-11(2)16(10)19(17,18)12-7-8-15-13(9-12)14-3/h7-11H,4-6H2,1-3H3,(H,14,15). The number of rotatable bonds is 3. The molecule has 2 heterocycles. The van der Waals surface area contributed by atoms with Gasteiger partial charge in [0.25, 0.3) is 0 Å². The molecule has 2 unspecified atom stereocenters. The fraction of sp³-hybridized carbons (Fsp3) is 0.615. The van der Waals surface area contributed by atoms with Gasteiger partial charge in [0.1, 0.15) is 5.82 Å². The van der Waals surface area contributed by atoms with Crippen molar-refractivity contribution < 1.29 is 8.42 Å². The van der Waals surface area contributed by atoms with Gasteiger partial charge in [-0.2, -0.15) is 4.31 Å². The van der Waals surface area contributed by atoms with Crippen LogP contribution in [-0.2, 0) is 10.0 Å². The Morgan fingerprint density at radius 1 is 1.32 bits per heavy atom. The molecule has 1 aliphatic heterocycles. The molecule has 1 aromatic rings. The molecule has 1 aliphatic rings. The number of sulfonamides is 1. The third-order valence-corrected chi connectivity index (χ3v) is 5.80. The molecular formula is C13H21N3O2S. The van der Waals surface area contributed by atoms with E-state index in [0.29, 0.717) is 10.7 Å². The third-order valence-electron chi connectivity index (χ3n) is 3.68. The molecular weight excluding hydrogens is 262 g/mol. The lowest BCUT2D eigenvalue weighted by atomic mass is 10.0. The number of pyridine rings is 1. The molecule has 0 aliphatic carbocycles. The highest BCUT2D eigenvalue weighted by Gasteiger charge is 2.35.